The van der Waals surface area contributed by atoms with Crippen molar-refractivity contribution in [2.24, 2.45) is 0 Å². The first-order chi connectivity index (χ1) is 13.7. The molecule has 9 heteroatoms. The molecule has 0 bridgehead atoms. The molecule has 1 amide bonds. The van der Waals surface area contributed by atoms with E-state index in [0.717, 1.165) is 0 Å². The molecule has 2 aromatic rings. The molecule has 0 aliphatic carbocycles. The fourth-order valence-corrected chi connectivity index (χ4v) is 3.01. The van der Waals surface area contributed by atoms with Crippen LogP contribution in [0.4, 0.5) is 15.1 Å². The Bertz CT molecular complexity index is 850. The Balaban J connectivity index is 1.50. The number of benzene rings is 1. The second kappa shape index (κ2) is 8.94. The first kappa shape index (κ1) is 21.3. The van der Waals surface area contributed by atoms with Gasteiger partial charge in [-0.25, -0.2) is 19.2 Å². The van der Waals surface area contributed by atoms with Gasteiger partial charge in [-0.1, -0.05) is 6.07 Å². The van der Waals surface area contributed by atoms with Gasteiger partial charge >= 0.3 is 6.09 Å². The van der Waals surface area contributed by atoms with E-state index in [9.17, 15) is 9.18 Å². The van der Waals surface area contributed by atoms with Crippen molar-refractivity contribution in [3.63, 3.8) is 0 Å². The number of halogens is 2. The summed E-state index contributed by atoms with van der Waals surface area (Å²) in [6, 6.07) is 4.85. The molecule has 3 rings (SSSR count). The summed E-state index contributed by atoms with van der Waals surface area (Å²) in [6.07, 6.45) is 2.89. The molecular weight excluding hydrogens is 443 g/mol. The molecule has 29 heavy (non-hydrogen) atoms. The molecule has 7 nitrogen and oxygen atoms in total. The van der Waals surface area contributed by atoms with Gasteiger partial charge in [0.2, 0.25) is 5.95 Å². The Morgan fingerprint density at radius 3 is 2.41 bits per heavy atom. The van der Waals surface area contributed by atoms with Crippen molar-refractivity contribution in [3.05, 3.63) is 46.4 Å². The molecule has 1 aliphatic heterocycles. The molecule has 1 aromatic heterocycles. The molecular formula is C20H24BrFN4O3. The molecule has 0 radical (unpaired) electrons. The minimum atomic E-state index is -0.505. The highest BCUT2D eigenvalue weighted by molar-refractivity contribution is 9.10. The minimum absolute atomic E-state index is 0.224. The van der Waals surface area contributed by atoms with E-state index in [4.69, 9.17) is 9.47 Å². The number of anilines is 1. The van der Waals surface area contributed by atoms with Gasteiger partial charge in [-0.2, -0.15) is 0 Å². The Morgan fingerprint density at radius 2 is 1.83 bits per heavy atom. The monoisotopic (exact) mass is 466 g/mol. The number of carbonyl (C=O) groups is 1. The zero-order valence-electron chi connectivity index (χ0n) is 16.7. The molecule has 0 saturated carbocycles. The second-order valence-electron chi connectivity index (χ2n) is 7.71. The zero-order valence-corrected chi connectivity index (χ0v) is 18.3. The first-order valence-electron chi connectivity index (χ1n) is 9.33. The smallest absolute Gasteiger partial charge is 0.410 e. The summed E-state index contributed by atoms with van der Waals surface area (Å²) >= 11 is 3.13. The van der Waals surface area contributed by atoms with Crippen LogP contribution in [0.1, 0.15) is 26.3 Å². The minimum Gasteiger partial charge on any atom is -0.486 e. The number of hydrogen-bond donors (Lipinski definition) is 0. The van der Waals surface area contributed by atoms with Gasteiger partial charge in [-0.15, -0.1) is 0 Å². The summed E-state index contributed by atoms with van der Waals surface area (Å²) in [5.41, 5.74) is 0.211. The number of amides is 1. The average molecular weight is 467 g/mol. The molecule has 0 unspecified atom stereocenters. The highest BCUT2D eigenvalue weighted by Gasteiger charge is 2.26. The largest absolute Gasteiger partial charge is 0.486 e. The standard InChI is InChI=1S/C20H24BrFN4O3/c1-20(2,3)29-19(27)26-8-6-25(7-9-26)18-23-11-15(12-24-18)28-13-14-4-5-16(21)17(22)10-14/h4-5,10-12H,6-9,13H2,1-3H3. The predicted octanol–water partition coefficient (Wildman–Crippen LogP) is 4.01. The van der Waals surface area contributed by atoms with Gasteiger partial charge < -0.3 is 19.3 Å². The van der Waals surface area contributed by atoms with Crippen molar-refractivity contribution < 1.29 is 18.7 Å². The summed E-state index contributed by atoms with van der Waals surface area (Å²) in [6.45, 7) is 8.12. The van der Waals surface area contributed by atoms with E-state index in [1.54, 1.807) is 29.4 Å². The first-order valence-corrected chi connectivity index (χ1v) is 10.1. The molecule has 1 saturated heterocycles. The third kappa shape index (κ3) is 6.03. The lowest BCUT2D eigenvalue weighted by Crippen LogP contribution is -2.50. The Hall–Kier alpha value is -2.42. The maximum atomic E-state index is 13.6. The number of aromatic nitrogens is 2. The van der Waals surface area contributed by atoms with Crippen molar-refractivity contribution >= 4 is 28.0 Å². The van der Waals surface area contributed by atoms with Gasteiger partial charge in [0, 0.05) is 26.2 Å². The highest BCUT2D eigenvalue weighted by atomic mass is 79.9. The van der Waals surface area contributed by atoms with Crippen molar-refractivity contribution in [2.45, 2.75) is 33.0 Å². The van der Waals surface area contributed by atoms with Crippen LogP contribution in [-0.2, 0) is 11.3 Å². The molecule has 1 aromatic carbocycles. The van der Waals surface area contributed by atoms with Crippen molar-refractivity contribution in [1.29, 1.82) is 0 Å². The normalized spacial score (nSPS) is 14.7. The van der Waals surface area contributed by atoms with Gasteiger partial charge in [-0.3, -0.25) is 0 Å². The van der Waals surface area contributed by atoms with Gasteiger partial charge in [0.15, 0.2) is 5.75 Å². The maximum Gasteiger partial charge on any atom is 0.410 e. The van der Waals surface area contributed by atoms with Crippen molar-refractivity contribution in [1.82, 2.24) is 14.9 Å². The van der Waals surface area contributed by atoms with Crippen LogP contribution < -0.4 is 9.64 Å². The Labute approximate surface area is 178 Å². The fraction of sp³-hybridized carbons (Fsp3) is 0.450. The number of rotatable bonds is 4. The summed E-state index contributed by atoms with van der Waals surface area (Å²) in [5.74, 6) is 0.753. The topological polar surface area (TPSA) is 67.8 Å². The van der Waals surface area contributed by atoms with E-state index in [-0.39, 0.29) is 18.5 Å². The molecule has 0 spiro atoms. The molecule has 1 aliphatic rings. The van der Waals surface area contributed by atoms with Crippen LogP contribution >= 0.6 is 15.9 Å². The molecule has 0 N–H and O–H groups in total. The number of nitrogens with zero attached hydrogens (tertiary/aromatic N) is 4. The van der Waals surface area contributed by atoms with Crippen LogP contribution in [0.25, 0.3) is 0 Å². The van der Waals surface area contributed by atoms with E-state index in [2.05, 4.69) is 25.9 Å². The number of hydrogen-bond acceptors (Lipinski definition) is 6. The third-order valence-electron chi connectivity index (χ3n) is 4.22. The summed E-state index contributed by atoms with van der Waals surface area (Å²) < 4.78 is 25.0. The van der Waals surface area contributed by atoms with Crippen LogP contribution in [0.15, 0.2) is 35.1 Å². The van der Waals surface area contributed by atoms with Crippen molar-refractivity contribution in [2.75, 3.05) is 31.1 Å². The summed E-state index contributed by atoms with van der Waals surface area (Å²) in [4.78, 5) is 24.5. The lowest BCUT2D eigenvalue weighted by molar-refractivity contribution is 0.0240. The van der Waals surface area contributed by atoms with Gasteiger partial charge in [0.1, 0.15) is 18.0 Å². The summed E-state index contributed by atoms with van der Waals surface area (Å²) in [5, 5.41) is 0. The van der Waals surface area contributed by atoms with E-state index in [1.807, 2.05) is 25.7 Å². The van der Waals surface area contributed by atoms with E-state index in [1.165, 1.54) is 6.07 Å². The lowest BCUT2D eigenvalue weighted by atomic mass is 10.2. The molecule has 156 valence electrons. The fourth-order valence-electron chi connectivity index (χ4n) is 2.76. The molecule has 1 fully saturated rings. The van der Waals surface area contributed by atoms with Crippen molar-refractivity contribution in [3.8, 4) is 5.75 Å². The van der Waals surface area contributed by atoms with Crippen LogP contribution in [0.5, 0.6) is 5.75 Å². The average Bonchev–Trinajstić information content (AvgIpc) is 2.68. The Morgan fingerprint density at radius 1 is 1.17 bits per heavy atom. The second-order valence-corrected chi connectivity index (χ2v) is 8.56. The van der Waals surface area contributed by atoms with Crippen LogP contribution in [0.3, 0.4) is 0 Å². The molecule has 0 atom stereocenters. The number of piperazine rings is 1. The summed E-state index contributed by atoms with van der Waals surface area (Å²) in [7, 11) is 0. The van der Waals surface area contributed by atoms with Crippen LogP contribution in [-0.4, -0.2) is 52.7 Å². The van der Waals surface area contributed by atoms with E-state index in [0.29, 0.717) is 47.9 Å². The predicted molar refractivity (Wildman–Crippen MR) is 110 cm³/mol. The highest BCUT2D eigenvalue weighted by Crippen LogP contribution is 2.19. The van der Waals surface area contributed by atoms with Crippen LogP contribution in [0, 0.1) is 5.82 Å². The van der Waals surface area contributed by atoms with E-state index < -0.39 is 5.60 Å². The molecule has 2 heterocycles. The number of carbonyl (C=O) groups excluding carboxylic acids is 1. The van der Waals surface area contributed by atoms with Crippen LogP contribution in [0.2, 0.25) is 0 Å². The third-order valence-corrected chi connectivity index (χ3v) is 4.86. The Kier molecular flexibility index (Phi) is 6.56. The van der Waals surface area contributed by atoms with Gasteiger partial charge in [0.25, 0.3) is 0 Å². The lowest BCUT2D eigenvalue weighted by Gasteiger charge is -2.35. The van der Waals surface area contributed by atoms with Gasteiger partial charge in [-0.05, 0) is 54.4 Å². The number of ether oxygens (including phenoxy) is 2. The quantitative estimate of drug-likeness (QED) is 0.677. The van der Waals surface area contributed by atoms with E-state index >= 15 is 0 Å². The SMILES string of the molecule is CC(C)(C)OC(=O)N1CCN(c2ncc(OCc3ccc(Br)c(F)c3)cn2)CC1. The maximum absolute atomic E-state index is 13.6. The zero-order chi connectivity index (χ0) is 21.0. The van der Waals surface area contributed by atoms with Gasteiger partial charge in [0.05, 0.1) is 16.9 Å².